The molecule has 5 rings (SSSR count). The number of piperidine rings is 1. The molecule has 6 nitrogen and oxygen atoms in total. The second kappa shape index (κ2) is 6.95. The van der Waals surface area contributed by atoms with Crippen molar-refractivity contribution in [3.8, 4) is 22.9 Å². The van der Waals surface area contributed by atoms with E-state index in [0.717, 1.165) is 55.2 Å². The van der Waals surface area contributed by atoms with Gasteiger partial charge >= 0.3 is 0 Å². The Morgan fingerprint density at radius 2 is 1.93 bits per heavy atom. The van der Waals surface area contributed by atoms with E-state index in [1.165, 1.54) is 5.56 Å². The number of fused-ring (bicyclic) bond motifs is 2. The van der Waals surface area contributed by atoms with E-state index in [1.54, 1.807) is 6.92 Å². The first-order valence-corrected chi connectivity index (χ1v) is 9.72. The summed E-state index contributed by atoms with van der Waals surface area (Å²) in [5.41, 5.74) is 3.53. The number of nitrogens with one attached hydrogen (secondary N) is 1. The lowest BCUT2D eigenvalue weighted by Gasteiger charge is -2.32. The number of hydrogen-bond acceptors (Lipinski definition) is 6. The molecule has 3 aromatic rings. The molecule has 1 N–H and O–H groups in total. The summed E-state index contributed by atoms with van der Waals surface area (Å²) >= 11 is 0. The highest BCUT2D eigenvalue weighted by molar-refractivity contribution is 5.54. The smallest absolute Gasteiger partial charge is 0.223 e. The molecule has 1 aromatic heterocycles. The van der Waals surface area contributed by atoms with Crippen LogP contribution in [0.15, 0.2) is 47.0 Å². The molecule has 1 spiro atoms. The largest absolute Gasteiger partial charge is 0.492 e. The summed E-state index contributed by atoms with van der Waals surface area (Å²) in [4.78, 5) is 4.25. The summed E-state index contributed by atoms with van der Waals surface area (Å²) in [6.45, 7) is 5.18. The van der Waals surface area contributed by atoms with Crippen LogP contribution in [0.25, 0.3) is 11.4 Å². The minimum atomic E-state index is 0.183. The molecule has 0 atom stereocenters. The quantitative estimate of drug-likeness (QED) is 0.749. The van der Waals surface area contributed by atoms with Crippen LogP contribution in [0.5, 0.6) is 11.5 Å². The average Bonchev–Trinajstić information content (AvgIpc) is 3.32. The number of rotatable bonds is 4. The number of nitrogens with zero attached hydrogens (tertiary/aromatic N) is 2. The zero-order valence-electron chi connectivity index (χ0n) is 15.9. The third-order valence-corrected chi connectivity index (χ3v) is 5.73. The molecule has 2 aromatic carbocycles. The predicted molar refractivity (Wildman–Crippen MR) is 105 cm³/mol. The zero-order chi connectivity index (χ0) is 19.0. The molecular weight excluding hydrogens is 354 g/mol. The number of aromatic nitrogens is 2. The molecule has 144 valence electrons. The van der Waals surface area contributed by atoms with Crippen molar-refractivity contribution < 1.29 is 14.0 Å². The third kappa shape index (κ3) is 3.14. The SMILES string of the molecule is Cc1nc(-c2ccc(COc3ccc4c(c3)OCC43CCNCC3)cc2)no1. The maximum Gasteiger partial charge on any atom is 0.223 e. The first-order valence-electron chi connectivity index (χ1n) is 9.72. The van der Waals surface area contributed by atoms with Gasteiger partial charge in [0.15, 0.2) is 0 Å². The molecule has 0 radical (unpaired) electrons. The Bertz CT molecular complexity index is 975. The lowest BCUT2D eigenvalue weighted by Crippen LogP contribution is -2.40. The van der Waals surface area contributed by atoms with Crippen molar-refractivity contribution in [1.29, 1.82) is 0 Å². The number of benzene rings is 2. The standard InChI is InChI=1S/C22H23N3O3/c1-15-24-21(25-28-15)17-4-2-16(3-5-17)13-26-18-6-7-19-20(12-18)27-14-22(19)8-10-23-11-9-22/h2-7,12,23H,8-11,13-14H2,1H3. The van der Waals surface area contributed by atoms with Crippen LogP contribution in [-0.2, 0) is 12.0 Å². The third-order valence-electron chi connectivity index (χ3n) is 5.73. The second-order valence-corrected chi connectivity index (χ2v) is 7.60. The van der Waals surface area contributed by atoms with Crippen LogP contribution in [0.3, 0.4) is 0 Å². The Balaban J connectivity index is 1.26. The van der Waals surface area contributed by atoms with E-state index < -0.39 is 0 Å². The summed E-state index contributed by atoms with van der Waals surface area (Å²) < 4.78 is 17.1. The minimum absolute atomic E-state index is 0.183. The van der Waals surface area contributed by atoms with Crippen molar-refractivity contribution in [2.45, 2.75) is 31.8 Å². The van der Waals surface area contributed by atoms with E-state index in [-0.39, 0.29) is 5.41 Å². The van der Waals surface area contributed by atoms with Crippen molar-refractivity contribution in [3.63, 3.8) is 0 Å². The summed E-state index contributed by atoms with van der Waals surface area (Å²) in [7, 11) is 0. The van der Waals surface area contributed by atoms with Crippen molar-refractivity contribution in [2.24, 2.45) is 0 Å². The molecule has 0 amide bonds. The van der Waals surface area contributed by atoms with Crippen LogP contribution in [0.2, 0.25) is 0 Å². The van der Waals surface area contributed by atoms with Gasteiger partial charge in [0.1, 0.15) is 18.1 Å². The van der Waals surface area contributed by atoms with Gasteiger partial charge in [0.2, 0.25) is 11.7 Å². The summed E-state index contributed by atoms with van der Waals surface area (Å²) in [5, 5.41) is 7.38. The molecular formula is C22H23N3O3. The van der Waals surface area contributed by atoms with E-state index in [9.17, 15) is 0 Å². The molecule has 2 aliphatic heterocycles. The number of ether oxygens (including phenoxy) is 2. The van der Waals surface area contributed by atoms with Gasteiger partial charge in [0.25, 0.3) is 0 Å². The highest BCUT2D eigenvalue weighted by atomic mass is 16.5. The van der Waals surface area contributed by atoms with Gasteiger partial charge in [-0.3, -0.25) is 0 Å². The summed E-state index contributed by atoms with van der Waals surface area (Å²) in [6.07, 6.45) is 2.26. The fourth-order valence-electron chi connectivity index (χ4n) is 4.10. The minimum Gasteiger partial charge on any atom is -0.492 e. The van der Waals surface area contributed by atoms with Crippen LogP contribution < -0.4 is 14.8 Å². The van der Waals surface area contributed by atoms with Crippen LogP contribution in [0, 0.1) is 6.92 Å². The van der Waals surface area contributed by atoms with Crippen molar-refractivity contribution in [2.75, 3.05) is 19.7 Å². The van der Waals surface area contributed by atoms with Gasteiger partial charge in [0, 0.05) is 29.5 Å². The van der Waals surface area contributed by atoms with E-state index in [0.29, 0.717) is 18.3 Å². The fraction of sp³-hybridized carbons (Fsp3) is 0.364. The molecule has 0 aliphatic carbocycles. The Labute approximate surface area is 163 Å². The maximum absolute atomic E-state index is 6.02. The molecule has 1 saturated heterocycles. The monoisotopic (exact) mass is 377 g/mol. The van der Waals surface area contributed by atoms with Gasteiger partial charge in [-0.15, -0.1) is 0 Å². The highest BCUT2D eigenvalue weighted by Crippen LogP contribution is 2.45. The average molecular weight is 377 g/mol. The van der Waals surface area contributed by atoms with Gasteiger partial charge in [-0.05, 0) is 37.6 Å². The van der Waals surface area contributed by atoms with E-state index in [2.05, 4.69) is 27.6 Å². The second-order valence-electron chi connectivity index (χ2n) is 7.60. The van der Waals surface area contributed by atoms with Gasteiger partial charge in [-0.2, -0.15) is 4.98 Å². The van der Waals surface area contributed by atoms with Crippen LogP contribution >= 0.6 is 0 Å². The maximum atomic E-state index is 6.02. The lowest BCUT2D eigenvalue weighted by molar-refractivity contribution is 0.220. The molecule has 2 aliphatic rings. The van der Waals surface area contributed by atoms with Crippen molar-refractivity contribution in [3.05, 3.63) is 59.5 Å². The van der Waals surface area contributed by atoms with E-state index in [1.807, 2.05) is 30.3 Å². The molecule has 3 heterocycles. The topological polar surface area (TPSA) is 69.4 Å². The molecule has 0 saturated carbocycles. The van der Waals surface area contributed by atoms with Gasteiger partial charge in [0.05, 0.1) is 6.61 Å². The Morgan fingerprint density at radius 1 is 1.11 bits per heavy atom. The normalized spacial score (nSPS) is 17.3. The fourth-order valence-corrected chi connectivity index (χ4v) is 4.10. The molecule has 0 bridgehead atoms. The zero-order valence-corrected chi connectivity index (χ0v) is 15.9. The summed E-state index contributed by atoms with van der Waals surface area (Å²) in [5.74, 6) is 2.98. The first-order chi connectivity index (χ1) is 13.7. The predicted octanol–water partition coefficient (Wildman–Crippen LogP) is 3.64. The van der Waals surface area contributed by atoms with E-state index in [4.69, 9.17) is 14.0 Å². The van der Waals surface area contributed by atoms with Gasteiger partial charge in [-0.25, -0.2) is 0 Å². The van der Waals surface area contributed by atoms with Gasteiger partial charge in [-0.1, -0.05) is 35.5 Å². The highest BCUT2D eigenvalue weighted by Gasteiger charge is 2.41. The molecule has 1 fully saturated rings. The van der Waals surface area contributed by atoms with Crippen LogP contribution in [-0.4, -0.2) is 29.8 Å². The summed E-state index contributed by atoms with van der Waals surface area (Å²) in [6, 6.07) is 14.3. The van der Waals surface area contributed by atoms with Gasteiger partial charge < -0.3 is 19.3 Å². The Morgan fingerprint density at radius 3 is 2.68 bits per heavy atom. The van der Waals surface area contributed by atoms with Crippen molar-refractivity contribution >= 4 is 0 Å². The molecule has 6 heteroatoms. The van der Waals surface area contributed by atoms with E-state index >= 15 is 0 Å². The van der Waals surface area contributed by atoms with Crippen LogP contribution in [0.4, 0.5) is 0 Å². The molecule has 0 unspecified atom stereocenters. The number of aryl methyl sites for hydroxylation is 1. The van der Waals surface area contributed by atoms with Crippen LogP contribution in [0.1, 0.15) is 29.9 Å². The Hall–Kier alpha value is -2.86. The number of hydrogen-bond donors (Lipinski definition) is 1. The first kappa shape index (κ1) is 17.3. The van der Waals surface area contributed by atoms with Crippen molar-refractivity contribution in [1.82, 2.24) is 15.5 Å². The lowest BCUT2D eigenvalue weighted by atomic mass is 9.75. The Kier molecular flexibility index (Phi) is 4.28. The molecule has 28 heavy (non-hydrogen) atoms.